The molecule has 2 rings (SSSR count). The lowest BCUT2D eigenvalue weighted by Gasteiger charge is -2.38. The topological polar surface area (TPSA) is 41.1 Å². The van der Waals surface area contributed by atoms with Crippen LogP contribution in [0.2, 0.25) is 0 Å². The Morgan fingerprint density at radius 1 is 1.21 bits per heavy atom. The second-order valence-electron chi connectivity index (χ2n) is 6.94. The maximum absolute atomic E-state index is 12.4. The standard InChI is InChI=1S/C16H30N2O/c1-11(2)13-8-7-12(3)10-15(13)18-16(19)14-6-4-5-9-17-14/h11-15,17H,4-10H2,1-3H3,(H,18,19). The molecule has 3 nitrogen and oxygen atoms in total. The van der Waals surface area contributed by atoms with E-state index >= 15 is 0 Å². The van der Waals surface area contributed by atoms with E-state index in [9.17, 15) is 4.79 Å². The number of nitrogens with one attached hydrogen (secondary N) is 2. The first-order chi connectivity index (χ1) is 9.08. The van der Waals surface area contributed by atoms with Crippen LogP contribution in [0.15, 0.2) is 0 Å². The molecule has 0 spiro atoms. The maximum atomic E-state index is 12.4. The Bertz CT molecular complexity index is 297. The van der Waals surface area contributed by atoms with Crippen molar-refractivity contribution in [1.82, 2.24) is 10.6 Å². The van der Waals surface area contributed by atoms with E-state index in [0.29, 0.717) is 17.9 Å². The summed E-state index contributed by atoms with van der Waals surface area (Å²) in [5.41, 5.74) is 0. The van der Waals surface area contributed by atoms with Crippen molar-refractivity contribution in [2.45, 2.75) is 71.4 Å². The molecule has 2 N–H and O–H groups in total. The molecule has 0 aromatic carbocycles. The first-order valence-electron chi connectivity index (χ1n) is 8.11. The molecular formula is C16H30N2O. The first kappa shape index (κ1) is 14.8. The molecule has 1 aliphatic heterocycles. The van der Waals surface area contributed by atoms with Gasteiger partial charge in [0.25, 0.3) is 0 Å². The van der Waals surface area contributed by atoms with Crippen LogP contribution in [0, 0.1) is 17.8 Å². The molecule has 4 unspecified atom stereocenters. The zero-order valence-corrected chi connectivity index (χ0v) is 12.7. The lowest BCUT2D eigenvalue weighted by Crippen LogP contribution is -2.53. The predicted octanol–water partition coefficient (Wildman–Crippen LogP) is 2.71. The van der Waals surface area contributed by atoms with Gasteiger partial charge in [-0.1, -0.05) is 33.6 Å². The molecule has 1 heterocycles. The highest BCUT2D eigenvalue weighted by Crippen LogP contribution is 2.33. The Hall–Kier alpha value is -0.570. The summed E-state index contributed by atoms with van der Waals surface area (Å²) in [6.45, 7) is 7.89. The van der Waals surface area contributed by atoms with Gasteiger partial charge in [0.15, 0.2) is 0 Å². The van der Waals surface area contributed by atoms with Gasteiger partial charge in [-0.2, -0.15) is 0 Å². The monoisotopic (exact) mass is 266 g/mol. The minimum absolute atomic E-state index is 0.0544. The van der Waals surface area contributed by atoms with Crippen LogP contribution in [0.3, 0.4) is 0 Å². The van der Waals surface area contributed by atoms with E-state index in [0.717, 1.165) is 25.3 Å². The smallest absolute Gasteiger partial charge is 0.237 e. The number of carbonyl (C=O) groups is 1. The zero-order chi connectivity index (χ0) is 13.8. The Balaban J connectivity index is 1.92. The number of carbonyl (C=O) groups excluding carboxylic acids is 1. The third-order valence-corrected chi connectivity index (χ3v) is 4.98. The molecular weight excluding hydrogens is 236 g/mol. The average molecular weight is 266 g/mol. The van der Waals surface area contributed by atoms with E-state index in [1.54, 1.807) is 0 Å². The molecule has 1 aliphatic carbocycles. The lowest BCUT2D eigenvalue weighted by molar-refractivity contribution is -0.125. The molecule has 0 aromatic heterocycles. The summed E-state index contributed by atoms with van der Waals surface area (Å²) < 4.78 is 0. The van der Waals surface area contributed by atoms with Crippen LogP contribution in [0.25, 0.3) is 0 Å². The number of hydrogen-bond acceptors (Lipinski definition) is 2. The van der Waals surface area contributed by atoms with Crippen LogP contribution in [-0.4, -0.2) is 24.5 Å². The molecule has 3 heteroatoms. The van der Waals surface area contributed by atoms with Gasteiger partial charge in [-0.05, 0) is 50.0 Å². The zero-order valence-electron chi connectivity index (χ0n) is 12.7. The van der Waals surface area contributed by atoms with Crippen LogP contribution < -0.4 is 10.6 Å². The van der Waals surface area contributed by atoms with Crippen molar-refractivity contribution < 1.29 is 4.79 Å². The fourth-order valence-electron chi connectivity index (χ4n) is 3.73. The molecule has 0 bridgehead atoms. The summed E-state index contributed by atoms with van der Waals surface area (Å²) >= 11 is 0. The summed E-state index contributed by atoms with van der Waals surface area (Å²) in [5, 5.41) is 6.70. The third kappa shape index (κ3) is 3.95. The molecule has 4 atom stereocenters. The molecule has 110 valence electrons. The van der Waals surface area contributed by atoms with E-state index in [1.165, 1.54) is 25.7 Å². The van der Waals surface area contributed by atoms with Crippen LogP contribution in [-0.2, 0) is 4.79 Å². The summed E-state index contributed by atoms with van der Waals surface area (Å²) in [5.74, 6) is 2.31. The molecule has 2 aliphatic rings. The molecule has 1 amide bonds. The highest BCUT2D eigenvalue weighted by atomic mass is 16.2. The Kier molecular flexibility index (Phi) is 5.26. The quantitative estimate of drug-likeness (QED) is 0.824. The van der Waals surface area contributed by atoms with Crippen LogP contribution in [0.4, 0.5) is 0 Å². The second-order valence-corrected chi connectivity index (χ2v) is 6.94. The van der Waals surface area contributed by atoms with Crippen molar-refractivity contribution in [2.75, 3.05) is 6.54 Å². The molecule has 1 saturated carbocycles. The van der Waals surface area contributed by atoms with Crippen LogP contribution >= 0.6 is 0 Å². The molecule has 1 saturated heterocycles. The van der Waals surface area contributed by atoms with Gasteiger partial charge in [0.2, 0.25) is 5.91 Å². The fraction of sp³-hybridized carbons (Fsp3) is 0.938. The first-order valence-corrected chi connectivity index (χ1v) is 8.11. The van der Waals surface area contributed by atoms with Gasteiger partial charge in [0.05, 0.1) is 6.04 Å². The van der Waals surface area contributed by atoms with Crippen molar-refractivity contribution in [3.05, 3.63) is 0 Å². The van der Waals surface area contributed by atoms with Crippen molar-refractivity contribution in [3.63, 3.8) is 0 Å². The van der Waals surface area contributed by atoms with Gasteiger partial charge in [-0.25, -0.2) is 0 Å². The van der Waals surface area contributed by atoms with Crippen molar-refractivity contribution in [3.8, 4) is 0 Å². The highest BCUT2D eigenvalue weighted by Gasteiger charge is 2.33. The predicted molar refractivity (Wildman–Crippen MR) is 78.9 cm³/mol. The third-order valence-electron chi connectivity index (χ3n) is 4.98. The van der Waals surface area contributed by atoms with Crippen LogP contribution in [0.1, 0.15) is 59.3 Å². The number of rotatable bonds is 3. The van der Waals surface area contributed by atoms with Gasteiger partial charge in [-0.15, -0.1) is 0 Å². The largest absolute Gasteiger partial charge is 0.352 e. The van der Waals surface area contributed by atoms with Gasteiger partial charge >= 0.3 is 0 Å². The summed E-state index contributed by atoms with van der Waals surface area (Å²) in [7, 11) is 0. The Morgan fingerprint density at radius 3 is 2.63 bits per heavy atom. The Labute approximate surface area is 117 Å². The SMILES string of the molecule is CC1CCC(C(C)C)C(NC(=O)C2CCCCN2)C1. The van der Waals surface area contributed by atoms with Gasteiger partial charge in [-0.3, -0.25) is 4.79 Å². The lowest BCUT2D eigenvalue weighted by atomic mass is 9.74. The highest BCUT2D eigenvalue weighted by molar-refractivity contribution is 5.82. The molecule has 0 aromatic rings. The van der Waals surface area contributed by atoms with Gasteiger partial charge in [0, 0.05) is 6.04 Å². The van der Waals surface area contributed by atoms with Crippen molar-refractivity contribution >= 4 is 5.91 Å². The molecule has 2 fully saturated rings. The molecule has 0 radical (unpaired) electrons. The number of piperidine rings is 1. The van der Waals surface area contributed by atoms with Crippen molar-refractivity contribution in [1.29, 1.82) is 0 Å². The van der Waals surface area contributed by atoms with E-state index in [1.807, 2.05) is 0 Å². The Morgan fingerprint density at radius 2 is 2.00 bits per heavy atom. The summed E-state index contributed by atoms with van der Waals surface area (Å²) in [6, 6.07) is 0.443. The summed E-state index contributed by atoms with van der Waals surface area (Å²) in [4.78, 5) is 12.4. The van der Waals surface area contributed by atoms with E-state index in [2.05, 4.69) is 31.4 Å². The minimum Gasteiger partial charge on any atom is -0.352 e. The van der Waals surface area contributed by atoms with Crippen molar-refractivity contribution in [2.24, 2.45) is 17.8 Å². The van der Waals surface area contributed by atoms with Gasteiger partial charge < -0.3 is 10.6 Å². The van der Waals surface area contributed by atoms with Gasteiger partial charge in [0.1, 0.15) is 0 Å². The van der Waals surface area contributed by atoms with E-state index in [4.69, 9.17) is 0 Å². The maximum Gasteiger partial charge on any atom is 0.237 e. The van der Waals surface area contributed by atoms with Crippen LogP contribution in [0.5, 0.6) is 0 Å². The number of amides is 1. The second kappa shape index (κ2) is 6.74. The van der Waals surface area contributed by atoms with E-state index in [-0.39, 0.29) is 11.9 Å². The van der Waals surface area contributed by atoms with E-state index < -0.39 is 0 Å². The number of hydrogen-bond donors (Lipinski definition) is 2. The normalized spacial score (nSPS) is 36.2. The fourth-order valence-corrected chi connectivity index (χ4v) is 3.73. The average Bonchev–Trinajstić information content (AvgIpc) is 2.39. The minimum atomic E-state index is 0.0544. The molecule has 19 heavy (non-hydrogen) atoms. The summed E-state index contributed by atoms with van der Waals surface area (Å²) in [6.07, 6.45) is 7.12.